The van der Waals surface area contributed by atoms with Gasteiger partial charge in [0.25, 0.3) is 5.91 Å². The fourth-order valence-corrected chi connectivity index (χ4v) is 3.63. The second-order valence-corrected chi connectivity index (χ2v) is 7.26. The van der Waals surface area contributed by atoms with Crippen LogP contribution in [0.15, 0.2) is 53.2 Å². The van der Waals surface area contributed by atoms with E-state index in [9.17, 15) is 9.59 Å². The number of nitrogens with zero attached hydrogens (tertiary/aromatic N) is 1. The highest BCUT2D eigenvalue weighted by Gasteiger charge is 2.38. The molecule has 0 spiro atoms. The Labute approximate surface area is 175 Å². The van der Waals surface area contributed by atoms with Crippen LogP contribution >= 0.6 is 0 Å². The molecule has 0 radical (unpaired) electrons. The van der Waals surface area contributed by atoms with Gasteiger partial charge in [0.1, 0.15) is 0 Å². The molecule has 2 aliphatic rings. The Morgan fingerprint density at radius 2 is 1.83 bits per heavy atom. The van der Waals surface area contributed by atoms with Gasteiger partial charge in [-0.05, 0) is 74.7 Å². The number of aryl methyl sites for hydroxylation is 2. The summed E-state index contributed by atoms with van der Waals surface area (Å²) in [5.41, 5.74) is 4.78. The molecule has 0 atom stereocenters. The molecule has 0 bridgehead atoms. The number of carbonyl (C=O) groups is 2. The molecule has 2 heterocycles. The van der Waals surface area contributed by atoms with E-state index in [1.807, 2.05) is 38.1 Å². The first kappa shape index (κ1) is 19.8. The fourth-order valence-electron chi connectivity index (χ4n) is 3.63. The zero-order valence-corrected chi connectivity index (χ0v) is 17.4. The molecule has 0 saturated heterocycles. The molecule has 2 aromatic carbocycles. The zero-order chi connectivity index (χ0) is 21.4. The van der Waals surface area contributed by atoms with Gasteiger partial charge >= 0.3 is 5.97 Å². The predicted molar refractivity (Wildman–Crippen MR) is 113 cm³/mol. The van der Waals surface area contributed by atoms with E-state index < -0.39 is 5.97 Å². The molecule has 0 aromatic heterocycles. The minimum atomic E-state index is -0.512. The van der Waals surface area contributed by atoms with E-state index in [1.54, 1.807) is 37.0 Å². The molecule has 2 aromatic rings. The van der Waals surface area contributed by atoms with Gasteiger partial charge in [-0.1, -0.05) is 12.1 Å². The van der Waals surface area contributed by atoms with Crippen molar-refractivity contribution < 1.29 is 23.8 Å². The Balaban J connectivity index is 1.81. The number of hydrogen-bond donors (Lipinski definition) is 0. The minimum Gasteiger partial charge on any atom is -0.462 e. The van der Waals surface area contributed by atoms with Gasteiger partial charge in [0.05, 0.1) is 17.8 Å². The van der Waals surface area contributed by atoms with E-state index in [0.29, 0.717) is 22.8 Å². The Hall–Kier alpha value is -3.54. The summed E-state index contributed by atoms with van der Waals surface area (Å²) in [6, 6.07) is 11.2. The highest BCUT2D eigenvalue weighted by atomic mass is 16.7. The van der Waals surface area contributed by atoms with Crippen molar-refractivity contribution in [3.63, 3.8) is 0 Å². The van der Waals surface area contributed by atoms with Gasteiger partial charge in [0, 0.05) is 11.4 Å². The van der Waals surface area contributed by atoms with Crippen molar-refractivity contribution in [2.45, 2.75) is 27.7 Å². The summed E-state index contributed by atoms with van der Waals surface area (Å²) in [4.78, 5) is 27.7. The maximum atomic E-state index is 13.4. The number of hydrogen-bond acceptors (Lipinski definition) is 5. The lowest BCUT2D eigenvalue weighted by Gasteiger charge is -2.19. The first-order valence-electron chi connectivity index (χ1n) is 9.82. The molecule has 0 unspecified atom stereocenters. The Morgan fingerprint density at radius 1 is 1.07 bits per heavy atom. The molecule has 4 rings (SSSR count). The van der Waals surface area contributed by atoms with Gasteiger partial charge in [0.2, 0.25) is 6.79 Å². The van der Waals surface area contributed by atoms with E-state index in [-0.39, 0.29) is 24.9 Å². The van der Waals surface area contributed by atoms with E-state index >= 15 is 0 Å². The molecule has 30 heavy (non-hydrogen) atoms. The largest absolute Gasteiger partial charge is 0.462 e. The molecule has 6 heteroatoms. The molecule has 154 valence electrons. The van der Waals surface area contributed by atoms with Gasteiger partial charge in [0.15, 0.2) is 11.5 Å². The third kappa shape index (κ3) is 3.34. The fraction of sp³-hybridized carbons (Fsp3) is 0.250. The lowest BCUT2D eigenvalue weighted by atomic mass is 10.0. The normalized spacial score (nSPS) is 16.6. The SMILES string of the molecule is CCOC(=O)C1=C(C)N(c2ccc(C)c(C)c2)C(=O)/C1=C\c1ccc2c(c1)OCO2. The topological polar surface area (TPSA) is 65.1 Å². The summed E-state index contributed by atoms with van der Waals surface area (Å²) in [5, 5.41) is 0. The van der Waals surface area contributed by atoms with Crippen molar-refractivity contribution in [1.29, 1.82) is 0 Å². The summed E-state index contributed by atoms with van der Waals surface area (Å²) in [7, 11) is 0. The Kier molecular flexibility index (Phi) is 5.08. The second kappa shape index (κ2) is 7.71. The first-order chi connectivity index (χ1) is 14.4. The molecule has 2 aliphatic heterocycles. The standard InChI is InChI=1S/C24H23NO5/c1-5-28-24(27)22-16(4)25(18-8-6-14(2)15(3)10-18)23(26)19(22)11-17-7-9-20-21(12-17)30-13-29-20/h6-12H,5,13H2,1-4H3/b19-11-. The van der Waals surface area contributed by atoms with Crippen molar-refractivity contribution >= 4 is 23.6 Å². The molecule has 6 nitrogen and oxygen atoms in total. The number of fused-ring (bicyclic) bond motifs is 1. The number of anilines is 1. The minimum absolute atomic E-state index is 0.169. The van der Waals surface area contributed by atoms with Crippen LogP contribution in [0, 0.1) is 13.8 Å². The van der Waals surface area contributed by atoms with Crippen LogP contribution in [0.4, 0.5) is 5.69 Å². The van der Waals surface area contributed by atoms with Crippen LogP contribution in [-0.4, -0.2) is 25.3 Å². The zero-order valence-electron chi connectivity index (χ0n) is 17.4. The van der Waals surface area contributed by atoms with Crippen LogP contribution < -0.4 is 14.4 Å². The third-order valence-electron chi connectivity index (χ3n) is 5.34. The van der Waals surface area contributed by atoms with E-state index in [0.717, 1.165) is 22.4 Å². The number of allylic oxidation sites excluding steroid dienone is 1. The number of benzene rings is 2. The lowest BCUT2D eigenvalue weighted by Crippen LogP contribution is -2.24. The van der Waals surface area contributed by atoms with E-state index in [4.69, 9.17) is 14.2 Å². The molecule has 1 amide bonds. The van der Waals surface area contributed by atoms with Crippen molar-refractivity contribution in [3.05, 3.63) is 69.9 Å². The summed E-state index contributed by atoms with van der Waals surface area (Å²) in [6.45, 7) is 7.91. The average Bonchev–Trinajstić information content (AvgIpc) is 3.27. The van der Waals surface area contributed by atoms with Crippen molar-refractivity contribution in [2.24, 2.45) is 0 Å². The number of rotatable bonds is 4. The second-order valence-electron chi connectivity index (χ2n) is 7.26. The highest BCUT2D eigenvalue weighted by Crippen LogP contribution is 2.38. The van der Waals surface area contributed by atoms with Crippen LogP contribution in [0.5, 0.6) is 11.5 Å². The summed E-state index contributed by atoms with van der Waals surface area (Å²) in [5.74, 6) is 0.487. The van der Waals surface area contributed by atoms with Crippen LogP contribution in [0.1, 0.15) is 30.5 Å². The molecule has 0 aliphatic carbocycles. The van der Waals surface area contributed by atoms with Gasteiger partial charge in [-0.2, -0.15) is 0 Å². The van der Waals surface area contributed by atoms with E-state index in [2.05, 4.69) is 0 Å². The number of esters is 1. The molecule has 0 fully saturated rings. The predicted octanol–water partition coefficient (Wildman–Crippen LogP) is 4.30. The third-order valence-corrected chi connectivity index (χ3v) is 5.34. The monoisotopic (exact) mass is 405 g/mol. The molecule has 0 N–H and O–H groups in total. The van der Waals surface area contributed by atoms with Crippen LogP contribution in [0.25, 0.3) is 6.08 Å². The Morgan fingerprint density at radius 3 is 2.57 bits per heavy atom. The number of amides is 1. The molecule has 0 saturated carbocycles. The quantitative estimate of drug-likeness (QED) is 0.561. The van der Waals surface area contributed by atoms with Crippen LogP contribution in [-0.2, 0) is 14.3 Å². The summed E-state index contributed by atoms with van der Waals surface area (Å²) in [6.07, 6.45) is 1.70. The number of ether oxygens (including phenoxy) is 3. The molecular weight excluding hydrogens is 382 g/mol. The smallest absolute Gasteiger partial charge is 0.340 e. The lowest BCUT2D eigenvalue weighted by molar-refractivity contribution is -0.138. The van der Waals surface area contributed by atoms with Gasteiger partial charge in [-0.15, -0.1) is 0 Å². The van der Waals surface area contributed by atoms with Gasteiger partial charge < -0.3 is 14.2 Å². The van der Waals surface area contributed by atoms with Crippen molar-refractivity contribution in [2.75, 3.05) is 18.3 Å². The van der Waals surface area contributed by atoms with Crippen molar-refractivity contribution in [3.8, 4) is 11.5 Å². The average molecular weight is 405 g/mol. The molecular formula is C24H23NO5. The van der Waals surface area contributed by atoms with Gasteiger partial charge in [-0.25, -0.2) is 4.79 Å². The van der Waals surface area contributed by atoms with Crippen LogP contribution in [0.3, 0.4) is 0 Å². The number of carbonyl (C=O) groups excluding carboxylic acids is 2. The first-order valence-corrected chi connectivity index (χ1v) is 9.82. The van der Waals surface area contributed by atoms with Crippen LogP contribution in [0.2, 0.25) is 0 Å². The summed E-state index contributed by atoms with van der Waals surface area (Å²) >= 11 is 0. The summed E-state index contributed by atoms with van der Waals surface area (Å²) < 4.78 is 16.0. The maximum Gasteiger partial charge on any atom is 0.340 e. The highest BCUT2D eigenvalue weighted by molar-refractivity contribution is 6.23. The maximum absolute atomic E-state index is 13.4. The van der Waals surface area contributed by atoms with Crippen molar-refractivity contribution in [1.82, 2.24) is 0 Å². The Bertz CT molecular complexity index is 1110. The van der Waals surface area contributed by atoms with E-state index in [1.165, 1.54) is 0 Å². The van der Waals surface area contributed by atoms with Gasteiger partial charge in [-0.3, -0.25) is 9.69 Å².